The molecule has 21 heavy (non-hydrogen) atoms. The van der Waals surface area contributed by atoms with Crippen LogP contribution in [0.2, 0.25) is 5.28 Å². The summed E-state index contributed by atoms with van der Waals surface area (Å²) in [5.74, 6) is 1.09. The molecule has 0 spiro atoms. The zero-order valence-corrected chi connectivity index (χ0v) is 13.9. The first-order valence-electron chi connectivity index (χ1n) is 7.50. The van der Waals surface area contributed by atoms with Crippen LogP contribution in [-0.2, 0) is 0 Å². The number of nitrogens with one attached hydrogen (secondary N) is 1. The van der Waals surface area contributed by atoms with Gasteiger partial charge in [-0.05, 0) is 58.2 Å². The van der Waals surface area contributed by atoms with Crippen LogP contribution in [0.3, 0.4) is 0 Å². The lowest BCUT2D eigenvalue weighted by atomic mass is 10.1. The lowest BCUT2D eigenvalue weighted by molar-refractivity contribution is 0.222. The molecular weight excluding hydrogens is 290 g/mol. The summed E-state index contributed by atoms with van der Waals surface area (Å²) in [7, 11) is 0. The fourth-order valence-electron chi connectivity index (χ4n) is 2.41. The average Bonchev–Trinajstić information content (AvgIpc) is 2.83. The molecule has 0 amide bonds. The third-order valence-corrected chi connectivity index (χ3v) is 3.69. The van der Waals surface area contributed by atoms with Crippen molar-refractivity contribution >= 4 is 17.5 Å². The largest absolute Gasteiger partial charge is 0.461 e. The molecule has 1 aliphatic heterocycles. The Kier molecular flexibility index (Phi) is 5.58. The standard InChI is InChI=1S/C14H24ClN5O/c1-9(2)20-6-5-11(8-20)7-16-13-17-12(15)18-14(19-13)21-10(3)4/h9-11H,5-8H2,1-4H3,(H,16,17,18,19). The minimum Gasteiger partial charge on any atom is -0.461 e. The molecule has 2 heterocycles. The van der Waals surface area contributed by atoms with E-state index in [4.69, 9.17) is 16.3 Å². The predicted molar refractivity (Wildman–Crippen MR) is 83.9 cm³/mol. The van der Waals surface area contributed by atoms with Crippen molar-refractivity contribution in [1.29, 1.82) is 0 Å². The summed E-state index contributed by atoms with van der Waals surface area (Å²) in [6.45, 7) is 11.4. The number of anilines is 1. The highest BCUT2D eigenvalue weighted by Crippen LogP contribution is 2.19. The van der Waals surface area contributed by atoms with Crippen LogP contribution in [0.5, 0.6) is 6.01 Å². The van der Waals surface area contributed by atoms with Gasteiger partial charge in [-0.15, -0.1) is 0 Å². The first-order valence-corrected chi connectivity index (χ1v) is 7.88. The molecule has 6 nitrogen and oxygen atoms in total. The molecule has 7 heteroatoms. The molecule has 1 unspecified atom stereocenters. The van der Waals surface area contributed by atoms with Crippen LogP contribution in [0.15, 0.2) is 0 Å². The quantitative estimate of drug-likeness (QED) is 0.870. The fraction of sp³-hybridized carbons (Fsp3) is 0.786. The van der Waals surface area contributed by atoms with E-state index in [1.807, 2.05) is 13.8 Å². The van der Waals surface area contributed by atoms with Crippen molar-refractivity contribution in [2.45, 2.75) is 46.3 Å². The normalized spacial score (nSPS) is 19.5. The molecule has 1 N–H and O–H groups in total. The van der Waals surface area contributed by atoms with Crippen LogP contribution in [-0.4, -0.2) is 51.6 Å². The molecule has 0 aromatic carbocycles. The lowest BCUT2D eigenvalue weighted by Crippen LogP contribution is -2.29. The average molecular weight is 314 g/mol. The molecule has 0 radical (unpaired) electrons. The third kappa shape index (κ3) is 4.97. The van der Waals surface area contributed by atoms with Gasteiger partial charge in [-0.25, -0.2) is 0 Å². The number of ether oxygens (including phenoxy) is 1. The molecule has 1 aliphatic rings. The second-order valence-corrected chi connectivity index (χ2v) is 6.34. The summed E-state index contributed by atoms with van der Waals surface area (Å²) >= 11 is 5.90. The Bertz CT molecular complexity index is 469. The Morgan fingerprint density at radius 2 is 2.05 bits per heavy atom. The van der Waals surface area contributed by atoms with Gasteiger partial charge in [0.05, 0.1) is 6.10 Å². The summed E-state index contributed by atoms with van der Waals surface area (Å²) in [4.78, 5) is 14.8. The van der Waals surface area contributed by atoms with E-state index < -0.39 is 0 Å². The van der Waals surface area contributed by atoms with Gasteiger partial charge < -0.3 is 15.0 Å². The maximum Gasteiger partial charge on any atom is 0.322 e. The van der Waals surface area contributed by atoms with E-state index in [2.05, 4.69) is 39.0 Å². The topological polar surface area (TPSA) is 63.2 Å². The first kappa shape index (κ1) is 16.2. The van der Waals surface area contributed by atoms with Gasteiger partial charge in [0, 0.05) is 19.1 Å². The van der Waals surface area contributed by atoms with E-state index in [0.29, 0.717) is 17.9 Å². The van der Waals surface area contributed by atoms with Gasteiger partial charge in [0.1, 0.15) is 0 Å². The van der Waals surface area contributed by atoms with Gasteiger partial charge in [-0.3, -0.25) is 0 Å². The summed E-state index contributed by atoms with van der Waals surface area (Å²) in [5.41, 5.74) is 0. The maximum atomic E-state index is 5.90. The van der Waals surface area contributed by atoms with Gasteiger partial charge in [0.25, 0.3) is 0 Å². The molecule has 2 rings (SSSR count). The zero-order chi connectivity index (χ0) is 15.4. The summed E-state index contributed by atoms with van der Waals surface area (Å²) in [6, 6.07) is 0.871. The van der Waals surface area contributed by atoms with Crippen LogP contribution in [0.25, 0.3) is 0 Å². The Balaban J connectivity index is 1.90. The molecule has 0 saturated carbocycles. The van der Waals surface area contributed by atoms with Gasteiger partial charge in [0.2, 0.25) is 11.2 Å². The Hall–Kier alpha value is -1.14. The van der Waals surface area contributed by atoms with Gasteiger partial charge in [-0.1, -0.05) is 0 Å². The molecule has 1 saturated heterocycles. The summed E-state index contributed by atoms with van der Waals surface area (Å²) in [6.07, 6.45) is 1.20. The van der Waals surface area contributed by atoms with Crippen molar-refractivity contribution in [3.8, 4) is 6.01 Å². The van der Waals surface area contributed by atoms with E-state index in [0.717, 1.165) is 19.6 Å². The summed E-state index contributed by atoms with van der Waals surface area (Å²) in [5, 5.41) is 3.40. The smallest absolute Gasteiger partial charge is 0.322 e. The number of halogens is 1. The SMILES string of the molecule is CC(C)Oc1nc(Cl)nc(NCC2CCN(C(C)C)C2)n1. The van der Waals surface area contributed by atoms with Gasteiger partial charge in [0.15, 0.2) is 0 Å². The number of nitrogens with zero attached hydrogens (tertiary/aromatic N) is 4. The molecule has 0 bridgehead atoms. The second-order valence-electron chi connectivity index (χ2n) is 6.00. The maximum absolute atomic E-state index is 5.90. The van der Waals surface area contributed by atoms with E-state index in [9.17, 15) is 0 Å². The molecule has 1 aromatic heterocycles. The van der Waals surface area contributed by atoms with E-state index in [1.54, 1.807) is 0 Å². The predicted octanol–water partition coefficient (Wildman–Crippen LogP) is 2.45. The van der Waals surface area contributed by atoms with Crippen molar-refractivity contribution in [2.75, 3.05) is 25.0 Å². The van der Waals surface area contributed by atoms with E-state index >= 15 is 0 Å². The number of hydrogen-bond acceptors (Lipinski definition) is 6. The highest BCUT2D eigenvalue weighted by atomic mass is 35.5. The Morgan fingerprint density at radius 1 is 1.29 bits per heavy atom. The van der Waals surface area contributed by atoms with E-state index in [1.165, 1.54) is 6.42 Å². The van der Waals surface area contributed by atoms with Crippen LogP contribution in [0.4, 0.5) is 5.95 Å². The summed E-state index contributed by atoms with van der Waals surface area (Å²) < 4.78 is 5.46. The Morgan fingerprint density at radius 3 is 2.67 bits per heavy atom. The van der Waals surface area contributed by atoms with Crippen molar-refractivity contribution < 1.29 is 4.74 Å². The fourth-order valence-corrected chi connectivity index (χ4v) is 2.56. The number of rotatable bonds is 6. The zero-order valence-electron chi connectivity index (χ0n) is 13.1. The van der Waals surface area contributed by atoms with Crippen molar-refractivity contribution in [3.63, 3.8) is 0 Å². The molecule has 0 aliphatic carbocycles. The highest BCUT2D eigenvalue weighted by Gasteiger charge is 2.24. The van der Waals surface area contributed by atoms with Gasteiger partial charge >= 0.3 is 6.01 Å². The van der Waals surface area contributed by atoms with Crippen LogP contribution in [0.1, 0.15) is 34.1 Å². The second kappa shape index (κ2) is 7.22. The minimum atomic E-state index is 0.00532. The number of aromatic nitrogens is 3. The molecular formula is C14H24ClN5O. The van der Waals surface area contributed by atoms with Crippen molar-refractivity contribution in [1.82, 2.24) is 19.9 Å². The number of hydrogen-bond donors (Lipinski definition) is 1. The molecule has 1 atom stereocenters. The van der Waals surface area contributed by atoms with E-state index in [-0.39, 0.29) is 17.4 Å². The molecule has 118 valence electrons. The van der Waals surface area contributed by atoms with Crippen LogP contribution in [0, 0.1) is 5.92 Å². The lowest BCUT2D eigenvalue weighted by Gasteiger charge is -2.20. The van der Waals surface area contributed by atoms with Crippen LogP contribution < -0.4 is 10.1 Å². The number of likely N-dealkylation sites (tertiary alicyclic amines) is 1. The minimum absolute atomic E-state index is 0.00532. The molecule has 1 aromatic rings. The molecule has 1 fully saturated rings. The monoisotopic (exact) mass is 313 g/mol. The van der Waals surface area contributed by atoms with Crippen LogP contribution >= 0.6 is 11.6 Å². The Labute approximate surface area is 131 Å². The third-order valence-electron chi connectivity index (χ3n) is 3.53. The first-order chi connectivity index (χ1) is 9.94. The van der Waals surface area contributed by atoms with Crippen molar-refractivity contribution in [2.24, 2.45) is 5.92 Å². The van der Waals surface area contributed by atoms with Gasteiger partial charge in [-0.2, -0.15) is 15.0 Å². The highest BCUT2D eigenvalue weighted by molar-refractivity contribution is 6.28. The van der Waals surface area contributed by atoms with Crippen molar-refractivity contribution in [3.05, 3.63) is 5.28 Å².